The number of benzene rings is 2. The predicted octanol–water partition coefficient (Wildman–Crippen LogP) is 4.70. The molecular formula is C24H23Cl2N7O. The van der Waals surface area contributed by atoms with Crippen LogP contribution in [0.25, 0.3) is 16.6 Å². The Kier molecular flexibility index (Phi) is 6.36. The SMILES string of the molecule is Cc1nn(-c2c(Cl)cccc2Cl)c(=O)c2cnc(Nc3ccc(NC4CCNCC4)cc3)nc12. The zero-order valence-electron chi connectivity index (χ0n) is 18.5. The monoisotopic (exact) mass is 495 g/mol. The van der Waals surface area contributed by atoms with Crippen molar-refractivity contribution in [3.8, 4) is 5.69 Å². The molecule has 2 aromatic heterocycles. The number of nitrogens with one attached hydrogen (secondary N) is 3. The second-order valence-corrected chi connectivity index (χ2v) is 9.01. The van der Waals surface area contributed by atoms with Crippen molar-refractivity contribution < 1.29 is 0 Å². The van der Waals surface area contributed by atoms with Crippen LogP contribution < -0.4 is 21.5 Å². The molecule has 2 aromatic carbocycles. The van der Waals surface area contributed by atoms with E-state index in [0.29, 0.717) is 44.3 Å². The Labute approximate surface area is 206 Å². The molecule has 1 saturated heterocycles. The van der Waals surface area contributed by atoms with E-state index in [9.17, 15) is 4.79 Å². The lowest BCUT2D eigenvalue weighted by Gasteiger charge is -2.24. The fourth-order valence-corrected chi connectivity index (χ4v) is 4.61. The zero-order chi connectivity index (χ0) is 23.7. The number of anilines is 3. The highest BCUT2D eigenvalue weighted by Gasteiger charge is 2.17. The first-order chi connectivity index (χ1) is 16.5. The largest absolute Gasteiger partial charge is 0.382 e. The van der Waals surface area contributed by atoms with Gasteiger partial charge in [-0.25, -0.2) is 9.97 Å². The van der Waals surface area contributed by atoms with E-state index in [2.05, 4.69) is 31.0 Å². The Bertz CT molecular complexity index is 1380. The molecule has 10 heteroatoms. The summed E-state index contributed by atoms with van der Waals surface area (Å²) < 4.78 is 1.20. The highest BCUT2D eigenvalue weighted by atomic mass is 35.5. The number of para-hydroxylation sites is 1. The number of hydrogen-bond donors (Lipinski definition) is 3. The maximum Gasteiger partial charge on any atom is 0.282 e. The molecule has 3 N–H and O–H groups in total. The molecule has 0 bridgehead atoms. The summed E-state index contributed by atoms with van der Waals surface area (Å²) in [6.07, 6.45) is 3.72. The second-order valence-electron chi connectivity index (χ2n) is 8.20. The topological polar surface area (TPSA) is 96.8 Å². The summed E-state index contributed by atoms with van der Waals surface area (Å²) >= 11 is 12.6. The van der Waals surface area contributed by atoms with E-state index in [-0.39, 0.29) is 0 Å². The first-order valence-corrected chi connectivity index (χ1v) is 11.8. The van der Waals surface area contributed by atoms with Crippen LogP contribution in [0.4, 0.5) is 17.3 Å². The Morgan fingerprint density at radius 2 is 1.71 bits per heavy atom. The minimum absolute atomic E-state index is 0.329. The van der Waals surface area contributed by atoms with E-state index in [1.165, 1.54) is 10.9 Å². The van der Waals surface area contributed by atoms with Gasteiger partial charge in [0.15, 0.2) is 0 Å². The summed E-state index contributed by atoms with van der Waals surface area (Å²) in [5.41, 5.74) is 2.88. The number of halogens is 2. The number of nitrogens with zero attached hydrogens (tertiary/aromatic N) is 4. The molecule has 3 heterocycles. The molecule has 4 aromatic rings. The lowest BCUT2D eigenvalue weighted by atomic mass is 10.1. The van der Waals surface area contributed by atoms with Gasteiger partial charge in [-0.2, -0.15) is 9.78 Å². The molecular weight excluding hydrogens is 473 g/mol. The number of aromatic nitrogens is 4. The quantitative estimate of drug-likeness (QED) is 0.369. The minimum Gasteiger partial charge on any atom is -0.382 e. The lowest BCUT2D eigenvalue weighted by Crippen LogP contribution is -2.35. The Hall–Kier alpha value is -3.20. The third-order valence-corrected chi connectivity index (χ3v) is 6.41. The second kappa shape index (κ2) is 9.58. The van der Waals surface area contributed by atoms with Gasteiger partial charge in [0, 0.05) is 23.6 Å². The Morgan fingerprint density at radius 3 is 2.41 bits per heavy atom. The summed E-state index contributed by atoms with van der Waals surface area (Å²) in [5.74, 6) is 0.379. The fraction of sp³-hybridized carbons (Fsp3) is 0.250. The summed E-state index contributed by atoms with van der Waals surface area (Å²) in [4.78, 5) is 22.0. The standard InChI is InChI=1S/C24H23Cl2N7O/c1-14-21-18(23(34)33(32-14)22-19(25)3-2-4-20(22)26)13-28-24(31-21)30-16-7-5-15(6-8-16)29-17-9-11-27-12-10-17/h2-8,13,17,27,29H,9-12H2,1H3,(H,28,30,31). The zero-order valence-corrected chi connectivity index (χ0v) is 20.0. The predicted molar refractivity (Wildman–Crippen MR) is 137 cm³/mol. The van der Waals surface area contributed by atoms with Crippen molar-refractivity contribution in [2.45, 2.75) is 25.8 Å². The number of rotatable bonds is 5. The summed E-state index contributed by atoms with van der Waals surface area (Å²) in [7, 11) is 0. The van der Waals surface area contributed by atoms with Crippen molar-refractivity contribution in [2.24, 2.45) is 0 Å². The number of fused-ring (bicyclic) bond motifs is 1. The van der Waals surface area contributed by atoms with E-state index in [1.807, 2.05) is 24.3 Å². The summed E-state index contributed by atoms with van der Waals surface area (Å²) in [6.45, 7) is 3.86. The van der Waals surface area contributed by atoms with Gasteiger partial charge in [0.25, 0.3) is 5.56 Å². The average Bonchev–Trinajstić information content (AvgIpc) is 2.84. The van der Waals surface area contributed by atoms with E-state index in [1.54, 1.807) is 25.1 Å². The Balaban J connectivity index is 1.40. The molecule has 0 radical (unpaired) electrons. The van der Waals surface area contributed by atoms with Crippen molar-refractivity contribution in [1.29, 1.82) is 0 Å². The van der Waals surface area contributed by atoms with Gasteiger partial charge in [0.1, 0.15) is 11.2 Å². The first kappa shape index (κ1) is 22.6. The molecule has 0 unspecified atom stereocenters. The van der Waals surface area contributed by atoms with Gasteiger partial charge in [0.05, 0.1) is 21.1 Å². The van der Waals surface area contributed by atoms with Gasteiger partial charge in [-0.05, 0) is 69.3 Å². The lowest BCUT2D eigenvalue weighted by molar-refractivity contribution is 0.479. The van der Waals surface area contributed by atoms with E-state index in [4.69, 9.17) is 23.2 Å². The van der Waals surface area contributed by atoms with Gasteiger partial charge < -0.3 is 16.0 Å². The molecule has 174 valence electrons. The molecule has 0 aliphatic carbocycles. The van der Waals surface area contributed by atoms with Crippen LogP contribution in [0, 0.1) is 6.92 Å². The van der Waals surface area contributed by atoms with Crippen molar-refractivity contribution >= 4 is 51.4 Å². The molecule has 8 nitrogen and oxygen atoms in total. The highest BCUT2D eigenvalue weighted by molar-refractivity contribution is 6.37. The maximum absolute atomic E-state index is 13.1. The van der Waals surface area contributed by atoms with Crippen LogP contribution in [-0.4, -0.2) is 38.9 Å². The molecule has 0 saturated carbocycles. The maximum atomic E-state index is 13.1. The van der Waals surface area contributed by atoms with Crippen molar-refractivity contribution in [2.75, 3.05) is 23.7 Å². The van der Waals surface area contributed by atoms with Crippen LogP contribution in [-0.2, 0) is 0 Å². The molecule has 34 heavy (non-hydrogen) atoms. The van der Waals surface area contributed by atoms with Gasteiger partial charge in [-0.3, -0.25) is 4.79 Å². The molecule has 0 spiro atoms. The smallest absolute Gasteiger partial charge is 0.282 e. The molecule has 1 aliphatic rings. The van der Waals surface area contributed by atoms with Crippen LogP contribution >= 0.6 is 23.2 Å². The summed E-state index contributed by atoms with van der Waals surface area (Å²) in [6, 6.07) is 13.5. The van der Waals surface area contributed by atoms with Crippen molar-refractivity contribution in [3.05, 3.63) is 74.8 Å². The molecule has 0 atom stereocenters. The highest BCUT2D eigenvalue weighted by Crippen LogP contribution is 2.27. The minimum atomic E-state index is -0.393. The van der Waals surface area contributed by atoms with Crippen LogP contribution in [0.5, 0.6) is 0 Å². The Morgan fingerprint density at radius 1 is 1.03 bits per heavy atom. The van der Waals surface area contributed by atoms with Gasteiger partial charge >= 0.3 is 0 Å². The third kappa shape index (κ3) is 4.57. The van der Waals surface area contributed by atoms with E-state index >= 15 is 0 Å². The molecule has 5 rings (SSSR count). The molecule has 1 fully saturated rings. The number of piperidine rings is 1. The van der Waals surface area contributed by atoms with E-state index in [0.717, 1.165) is 37.3 Å². The normalized spacial score (nSPS) is 14.3. The average molecular weight is 496 g/mol. The molecule has 1 aliphatic heterocycles. The van der Waals surface area contributed by atoms with Gasteiger partial charge in [-0.1, -0.05) is 29.3 Å². The third-order valence-electron chi connectivity index (χ3n) is 5.80. The van der Waals surface area contributed by atoms with Crippen LogP contribution in [0.2, 0.25) is 10.0 Å². The van der Waals surface area contributed by atoms with Gasteiger partial charge in [-0.15, -0.1) is 0 Å². The van der Waals surface area contributed by atoms with Crippen molar-refractivity contribution in [1.82, 2.24) is 25.1 Å². The van der Waals surface area contributed by atoms with Gasteiger partial charge in [0.2, 0.25) is 5.95 Å². The fourth-order valence-electron chi connectivity index (χ4n) is 4.05. The molecule has 0 amide bonds. The number of aryl methyl sites for hydroxylation is 1. The van der Waals surface area contributed by atoms with Crippen LogP contribution in [0.3, 0.4) is 0 Å². The number of hydrogen-bond acceptors (Lipinski definition) is 7. The summed E-state index contributed by atoms with van der Waals surface area (Å²) in [5, 5.41) is 15.5. The van der Waals surface area contributed by atoms with Crippen LogP contribution in [0.1, 0.15) is 18.5 Å². The first-order valence-electron chi connectivity index (χ1n) is 11.0. The van der Waals surface area contributed by atoms with Crippen LogP contribution in [0.15, 0.2) is 53.5 Å². The van der Waals surface area contributed by atoms with E-state index < -0.39 is 5.56 Å². The van der Waals surface area contributed by atoms with Crippen molar-refractivity contribution in [3.63, 3.8) is 0 Å².